The number of hydrogen-bond donors (Lipinski definition) is 0. The van der Waals surface area contributed by atoms with E-state index >= 15 is 0 Å². The maximum absolute atomic E-state index is 12.8. The number of fused-ring (bicyclic) bond motifs is 1. The number of benzene rings is 2. The molecule has 3 rings (SSSR count). The maximum atomic E-state index is 12.8. The first kappa shape index (κ1) is 16.7. The first-order valence-electron chi connectivity index (χ1n) is 7.83. The molecule has 0 saturated heterocycles. The molecule has 0 bridgehead atoms. The van der Waals surface area contributed by atoms with E-state index in [4.69, 9.17) is 0 Å². The average molecular weight is 344 g/mol. The zero-order chi connectivity index (χ0) is 17.3. The molecule has 0 radical (unpaired) electrons. The molecule has 0 N–H and O–H groups in total. The topological polar surface area (TPSA) is 57.7 Å². The van der Waals surface area contributed by atoms with Gasteiger partial charge in [-0.05, 0) is 48.7 Å². The summed E-state index contributed by atoms with van der Waals surface area (Å²) in [5.41, 5.74) is 2.60. The van der Waals surface area contributed by atoms with Gasteiger partial charge in [-0.2, -0.15) is 0 Å². The number of rotatable bonds is 3. The number of aryl methyl sites for hydroxylation is 1. The highest BCUT2D eigenvalue weighted by Crippen LogP contribution is 2.28. The Kier molecular flexibility index (Phi) is 4.43. The van der Waals surface area contributed by atoms with Gasteiger partial charge in [0.25, 0.3) is 5.91 Å². The number of carbonyl (C=O) groups is 1. The van der Waals surface area contributed by atoms with Crippen LogP contribution in [-0.2, 0) is 16.4 Å². The van der Waals surface area contributed by atoms with Crippen LogP contribution in [0.4, 0.5) is 5.69 Å². The first-order chi connectivity index (χ1) is 11.4. The molecule has 126 valence electrons. The second kappa shape index (κ2) is 6.37. The highest BCUT2D eigenvalue weighted by molar-refractivity contribution is 7.89. The van der Waals surface area contributed by atoms with Crippen molar-refractivity contribution in [1.82, 2.24) is 4.31 Å². The van der Waals surface area contributed by atoms with Crippen molar-refractivity contribution in [1.29, 1.82) is 0 Å². The highest BCUT2D eigenvalue weighted by atomic mass is 32.2. The fourth-order valence-electron chi connectivity index (χ4n) is 2.88. The predicted molar refractivity (Wildman–Crippen MR) is 93.8 cm³/mol. The third kappa shape index (κ3) is 2.95. The lowest BCUT2D eigenvalue weighted by Gasteiger charge is -2.29. The van der Waals surface area contributed by atoms with Gasteiger partial charge in [0.05, 0.1) is 4.90 Å². The van der Waals surface area contributed by atoms with Crippen molar-refractivity contribution in [3.8, 4) is 0 Å². The van der Waals surface area contributed by atoms with Crippen LogP contribution in [0.1, 0.15) is 22.3 Å². The molecule has 2 aromatic carbocycles. The molecule has 6 heteroatoms. The van der Waals surface area contributed by atoms with Crippen LogP contribution >= 0.6 is 0 Å². The fraction of sp³-hybridized carbons (Fsp3) is 0.278. The molecule has 2 aromatic rings. The van der Waals surface area contributed by atoms with Gasteiger partial charge in [-0.25, -0.2) is 12.7 Å². The first-order valence-corrected chi connectivity index (χ1v) is 9.27. The molecule has 0 atom stereocenters. The van der Waals surface area contributed by atoms with Crippen LogP contribution < -0.4 is 4.90 Å². The van der Waals surface area contributed by atoms with Gasteiger partial charge < -0.3 is 4.90 Å². The molecule has 0 saturated carbocycles. The maximum Gasteiger partial charge on any atom is 0.258 e. The molecule has 0 unspecified atom stereocenters. The summed E-state index contributed by atoms with van der Waals surface area (Å²) in [6, 6.07) is 14.0. The third-order valence-electron chi connectivity index (χ3n) is 4.24. The van der Waals surface area contributed by atoms with E-state index < -0.39 is 10.0 Å². The SMILES string of the molecule is CN(C)S(=O)(=O)c1ccc(C(=O)N2CCCc3ccccc32)cc1. The molecule has 1 heterocycles. The summed E-state index contributed by atoms with van der Waals surface area (Å²) in [5, 5.41) is 0. The smallest absolute Gasteiger partial charge is 0.258 e. The number of anilines is 1. The van der Waals surface area contributed by atoms with Gasteiger partial charge in [0.1, 0.15) is 0 Å². The van der Waals surface area contributed by atoms with Crippen molar-refractivity contribution in [3.05, 3.63) is 59.7 Å². The molecule has 0 aliphatic carbocycles. The second-order valence-electron chi connectivity index (χ2n) is 6.00. The quantitative estimate of drug-likeness (QED) is 0.860. The molecule has 0 spiro atoms. The number of nitrogens with zero attached hydrogens (tertiary/aromatic N) is 2. The number of hydrogen-bond acceptors (Lipinski definition) is 3. The van der Waals surface area contributed by atoms with Gasteiger partial charge in [0, 0.05) is 31.9 Å². The number of amides is 1. The lowest BCUT2D eigenvalue weighted by atomic mass is 10.0. The zero-order valence-electron chi connectivity index (χ0n) is 13.8. The van der Waals surface area contributed by atoms with Gasteiger partial charge in [-0.3, -0.25) is 4.79 Å². The van der Waals surface area contributed by atoms with Gasteiger partial charge in [0.15, 0.2) is 0 Å². The van der Waals surface area contributed by atoms with Crippen molar-refractivity contribution >= 4 is 21.6 Å². The van der Waals surface area contributed by atoms with E-state index in [0.717, 1.165) is 22.8 Å². The number of para-hydroxylation sites is 1. The van der Waals surface area contributed by atoms with Gasteiger partial charge in [-0.15, -0.1) is 0 Å². The Morgan fingerprint density at radius 2 is 1.71 bits per heavy atom. The summed E-state index contributed by atoms with van der Waals surface area (Å²) >= 11 is 0. The average Bonchev–Trinajstić information content (AvgIpc) is 2.60. The minimum atomic E-state index is -3.48. The summed E-state index contributed by atoms with van der Waals surface area (Å²) in [6.07, 6.45) is 1.90. The van der Waals surface area contributed by atoms with E-state index in [2.05, 4.69) is 0 Å². The summed E-state index contributed by atoms with van der Waals surface area (Å²) in [7, 11) is -0.514. The summed E-state index contributed by atoms with van der Waals surface area (Å²) < 4.78 is 25.4. The molecule has 24 heavy (non-hydrogen) atoms. The van der Waals surface area contributed by atoms with Crippen LogP contribution in [0.3, 0.4) is 0 Å². The highest BCUT2D eigenvalue weighted by Gasteiger charge is 2.24. The number of sulfonamides is 1. The Balaban J connectivity index is 1.90. The van der Waals surface area contributed by atoms with E-state index in [0.29, 0.717) is 12.1 Å². The number of carbonyl (C=O) groups excluding carboxylic acids is 1. The standard InChI is InChI=1S/C18H20N2O3S/c1-19(2)24(22,23)16-11-9-15(10-12-16)18(21)20-13-5-7-14-6-3-4-8-17(14)20/h3-4,6,8-12H,5,7,13H2,1-2H3. The van der Waals surface area contributed by atoms with Gasteiger partial charge in [-0.1, -0.05) is 18.2 Å². The molecule has 0 aromatic heterocycles. The molecule has 1 amide bonds. The van der Waals surface area contributed by atoms with E-state index in [1.807, 2.05) is 24.3 Å². The Bertz CT molecular complexity index is 858. The summed E-state index contributed by atoms with van der Waals surface area (Å²) in [6.45, 7) is 0.674. The molecule has 5 nitrogen and oxygen atoms in total. The third-order valence-corrected chi connectivity index (χ3v) is 6.06. The van der Waals surface area contributed by atoms with E-state index in [1.54, 1.807) is 17.0 Å². The monoisotopic (exact) mass is 344 g/mol. The molecule has 0 fully saturated rings. The van der Waals surface area contributed by atoms with E-state index in [-0.39, 0.29) is 10.8 Å². The van der Waals surface area contributed by atoms with Crippen LogP contribution in [0.2, 0.25) is 0 Å². The fourth-order valence-corrected chi connectivity index (χ4v) is 3.78. The molecular weight excluding hydrogens is 324 g/mol. The zero-order valence-corrected chi connectivity index (χ0v) is 14.6. The molecular formula is C18H20N2O3S. The van der Waals surface area contributed by atoms with Crippen LogP contribution in [0.25, 0.3) is 0 Å². The van der Waals surface area contributed by atoms with Crippen LogP contribution in [0.15, 0.2) is 53.4 Å². The largest absolute Gasteiger partial charge is 0.308 e. The van der Waals surface area contributed by atoms with Crippen LogP contribution in [0.5, 0.6) is 0 Å². The summed E-state index contributed by atoms with van der Waals surface area (Å²) in [5.74, 6) is -0.101. The Morgan fingerprint density at radius 1 is 1.04 bits per heavy atom. The minimum absolute atomic E-state index is 0.101. The Morgan fingerprint density at radius 3 is 2.38 bits per heavy atom. The Hall–Kier alpha value is -2.18. The van der Waals surface area contributed by atoms with E-state index in [1.165, 1.54) is 31.8 Å². The minimum Gasteiger partial charge on any atom is -0.308 e. The van der Waals surface area contributed by atoms with Crippen molar-refractivity contribution in [3.63, 3.8) is 0 Å². The molecule has 1 aliphatic heterocycles. The van der Waals surface area contributed by atoms with Crippen molar-refractivity contribution in [2.24, 2.45) is 0 Å². The van der Waals surface area contributed by atoms with Crippen LogP contribution in [0, 0.1) is 0 Å². The van der Waals surface area contributed by atoms with Crippen LogP contribution in [-0.4, -0.2) is 39.3 Å². The van der Waals surface area contributed by atoms with Crippen molar-refractivity contribution in [2.75, 3.05) is 25.5 Å². The van der Waals surface area contributed by atoms with Crippen molar-refractivity contribution < 1.29 is 13.2 Å². The van der Waals surface area contributed by atoms with Gasteiger partial charge in [0.2, 0.25) is 10.0 Å². The normalized spacial score (nSPS) is 14.5. The van der Waals surface area contributed by atoms with Gasteiger partial charge >= 0.3 is 0 Å². The lowest BCUT2D eigenvalue weighted by molar-refractivity contribution is 0.0985. The van der Waals surface area contributed by atoms with Crippen molar-refractivity contribution in [2.45, 2.75) is 17.7 Å². The lowest BCUT2D eigenvalue weighted by Crippen LogP contribution is -2.35. The second-order valence-corrected chi connectivity index (χ2v) is 8.15. The predicted octanol–water partition coefficient (Wildman–Crippen LogP) is 2.53. The Labute approximate surface area is 142 Å². The van der Waals surface area contributed by atoms with E-state index in [9.17, 15) is 13.2 Å². The summed E-state index contributed by atoms with van der Waals surface area (Å²) in [4.78, 5) is 14.8. The molecule has 1 aliphatic rings.